The molecule has 1 aliphatic rings. The molecular formula is C19H17F3N4O3S. The summed E-state index contributed by atoms with van der Waals surface area (Å²) in [5.74, 6) is -0.856. The Labute approximate surface area is 172 Å². The number of carbonyl (C=O) groups excluding carboxylic acids is 2. The zero-order valence-corrected chi connectivity index (χ0v) is 16.6. The topological polar surface area (TPSA) is 86.1 Å². The Kier molecular flexibility index (Phi) is 5.22. The summed E-state index contributed by atoms with van der Waals surface area (Å²) in [5.41, 5.74) is -0.252. The molecule has 2 aromatic heterocycles. The van der Waals surface area contributed by atoms with Crippen LogP contribution in [0.15, 0.2) is 24.3 Å². The Hall–Kier alpha value is -2.95. The second kappa shape index (κ2) is 7.71. The molecule has 0 spiro atoms. The summed E-state index contributed by atoms with van der Waals surface area (Å²) in [4.78, 5) is 28.9. The molecule has 1 amide bonds. The van der Waals surface area contributed by atoms with Crippen LogP contribution in [0.1, 0.15) is 42.2 Å². The molecule has 2 heterocycles. The number of hydrogen-bond acceptors (Lipinski definition) is 6. The Balaban J connectivity index is 1.74. The molecule has 30 heavy (non-hydrogen) atoms. The number of aromatic nitrogens is 3. The van der Waals surface area contributed by atoms with Gasteiger partial charge in [0.1, 0.15) is 4.70 Å². The first-order valence-corrected chi connectivity index (χ1v) is 10.1. The minimum Gasteiger partial charge on any atom is -0.461 e. The third-order valence-electron chi connectivity index (χ3n) is 4.84. The van der Waals surface area contributed by atoms with Crippen LogP contribution in [0.4, 0.5) is 18.3 Å². The van der Waals surface area contributed by atoms with Gasteiger partial charge in [0.2, 0.25) is 5.91 Å². The number of benzene rings is 1. The Morgan fingerprint density at radius 3 is 2.53 bits per heavy atom. The van der Waals surface area contributed by atoms with Gasteiger partial charge in [-0.1, -0.05) is 17.8 Å². The summed E-state index contributed by atoms with van der Waals surface area (Å²) in [6.07, 6.45) is -1.81. The molecule has 1 fully saturated rings. The lowest BCUT2D eigenvalue weighted by atomic mass is 9.85. The average Bonchev–Trinajstić information content (AvgIpc) is 3.18. The lowest BCUT2D eigenvalue weighted by Crippen LogP contribution is -2.27. The number of anilines is 1. The average molecular weight is 438 g/mol. The Morgan fingerprint density at radius 1 is 1.27 bits per heavy atom. The molecule has 4 rings (SSSR count). The van der Waals surface area contributed by atoms with E-state index in [0.29, 0.717) is 15.5 Å². The highest BCUT2D eigenvalue weighted by Gasteiger charge is 2.31. The highest BCUT2D eigenvalue weighted by Crippen LogP contribution is 2.34. The number of thiazole rings is 1. The van der Waals surface area contributed by atoms with Crippen LogP contribution in [0.5, 0.6) is 0 Å². The number of halogens is 3. The van der Waals surface area contributed by atoms with E-state index in [1.807, 2.05) is 0 Å². The van der Waals surface area contributed by atoms with Gasteiger partial charge in [-0.3, -0.25) is 4.79 Å². The zero-order valence-electron chi connectivity index (χ0n) is 15.8. The van der Waals surface area contributed by atoms with Crippen LogP contribution in [-0.2, 0) is 15.7 Å². The van der Waals surface area contributed by atoms with E-state index >= 15 is 0 Å². The summed E-state index contributed by atoms with van der Waals surface area (Å²) in [6, 6.07) is 4.35. The van der Waals surface area contributed by atoms with Gasteiger partial charge in [0.05, 0.1) is 17.9 Å². The molecule has 158 valence electrons. The van der Waals surface area contributed by atoms with Crippen molar-refractivity contribution in [1.82, 2.24) is 14.8 Å². The summed E-state index contributed by atoms with van der Waals surface area (Å²) >= 11 is 1.07. The normalized spacial score (nSPS) is 14.5. The molecule has 0 atom stereocenters. The quantitative estimate of drug-likeness (QED) is 0.596. The standard InChI is InChI=1S/C19H17F3N4O3S/c1-2-29-17(28)13-14-15(23-18(30-14)24-16(27)10-4-3-5-10)26(25-13)12-8-6-11(7-9-12)19(20,21)22/h6-10H,2-5H2,1H3,(H,23,24,27). The van der Waals surface area contributed by atoms with Gasteiger partial charge < -0.3 is 10.1 Å². The first kappa shape index (κ1) is 20.3. The van der Waals surface area contributed by atoms with Crippen molar-refractivity contribution in [3.8, 4) is 5.69 Å². The number of nitrogens with one attached hydrogen (secondary N) is 1. The van der Waals surface area contributed by atoms with Crippen LogP contribution < -0.4 is 5.32 Å². The minimum absolute atomic E-state index is 0.00612. The number of carbonyl (C=O) groups is 2. The van der Waals surface area contributed by atoms with Gasteiger partial charge in [0.15, 0.2) is 16.5 Å². The number of esters is 1. The van der Waals surface area contributed by atoms with E-state index in [2.05, 4.69) is 15.4 Å². The number of fused-ring (bicyclic) bond motifs is 1. The van der Waals surface area contributed by atoms with E-state index in [4.69, 9.17) is 4.74 Å². The van der Waals surface area contributed by atoms with Crippen molar-refractivity contribution in [1.29, 1.82) is 0 Å². The largest absolute Gasteiger partial charge is 0.461 e. The van der Waals surface area contributed by atoms with Crippen LogP contribution in [0.25, 0.3) is 16.0 Å². The van der Waals surface area contributed by atoms with Gasteiger partial charge in [0, 0.05) is 5.92 Å². The molecule has 11 heteroatoms. The molecule has 0 unspecified atom stereocenters. The van der Waals surface area contributed by atoms with Crippen molar-refractivity contribution >= 4 is 38.7 Å². The summed E-state index contributed by atoms with van der Waals surface area (Å²) < 4.78 is 45.3. The van der Waals surface area contributed by atoms with Crippen molar-refractivity contribution in [3.63, 3.8) is 0 Å². The molecule has 0 radical (unpaired) electrons. The van der Waals surface area contributed by atoms with Crippen LogP contribution in [0.3, 0.4) is 0 Å². The van der Waals surface area contributed by atoms with Gasteiger partial charge in [-0.15, -0.1) is 0 Å². The molecule has 3 aromatic rings. The summed E-state index contributed by atoms with van der Waals surface area (Å²) in [6.45, 7) is 1.79. The van der Waals surface area contributed by atoms with Gasteiger partial charge in [-0.25, -0.2) is 9.48 Å². The predicted molar refractivity (Wildman–Crippen MR) is 104 cm³/mol. The van der Waals surface area contributed by atoms with Gasteiger partial charge in [0.25, 0.3) is 0 Å². The number of nitrogens with zero attached hydrogens (tertiary/aromatic N) is 3. The first-order chi connectivity index (χ1) is 14.3. The molecule has 0 bridgehead atoms. The molecule has 1 N–H and O–H groups in total. The lowest BCUT2D eigenvalue weighted by molar-refractivity contribution is -0.137. The molecule has 0 aliphatic heterocycles. The maximum atomic E-state index is 12.9. The van der Waals surface area contributed by atoms with E-state index in [1.165, 1.54) is 16.8 Å². The molecular weight excluding hydrogens is 421 g/mol. The van der Waals surface area contributed by atoms with Crippen molar-refractivity contribution in [2.75, 3.05) is 11.9 Å². The summed E-state index contributed by atoms with van der Waals surface area (Å²) in [7, 11) is 0. The van der Waals surface area contributed by atoms with Gasteiger partial charge >= 0.3 is 12.1 Å². The number of amides is 1. The van der Waals surface area contributed by atoms with E-state index in [0.717, 1.165) is 42.7 Å². The summed E-state index contributed by atoms with van der Waals surface area (Å²) in [5, 5.41) is 7.26. The highest BCUT2D eigenvalue weighted by atomic mass is 32.1. The van der Waals surface area contributed by atoms with Crippen molar-refractivity contribution < 1.29 is 27.5 Å². The van der Waals surface area contributed by atoms with Gasteiger partial charge in [-0.2, -0.15) is 23.3 Å². The van der Waals surface area contributed by atoms with Crippen LogP contribution in [0.2, 0.25) is 0 Å². The van der Waals surface area contributed by atoms with Gasteiger partial charge in [-0.05, 0) is 44.0 Å². The molecule has 0 saturated heterocycles. The fraction of sp³-hybridized carbons (Fsp3) is 0.368. The number of rotatable bonds is 5. The third-order valence-corrected chi connectivity index (χ3v) is 5.81. The molecule has 1 aromatic carbocycles. The van der Waals surface area contributed by atoms with Crippen LogP contribution >= 0.6 is 11.3 Å². The molecule has 7 nitrogen and oxygen atoms in total. The van der Waals surface area contributed by atoms with Crippen molar-refractivity contribution in [2.45, 2.75) is 32.4 Å². The molecule has 1 saturated carbocycles. The van der Waals surface area contributed by atoms with Crippen molar-refractivity contribution in [2.24, 2.45) is 5.92 Å². The van der Waals surface area contributed by atoms with E-state index in [1.54, 1.807) is 6.92 Å². The van der Waals surface area contributed by atoms with E-state index in [-0.39, 0.29) is 29.8 Å². The Morgan fingerprint density at radius 2 is 1.97 bits per heavy atom. The smallest absolute Gasteiger partial charge is 0.416 e. The monoisotopic (exact) mass is 438 g/mol. The SMILES string of the molecule is CCOC(=O)c1nn(-c2ccc(C(F)(F)F)cc2)c2nc(NC(=O)C3CCC3)sc12. The minimum atomic E-state index is -4.46. The zero-order chi connectivity index (χ0) is 21.5. The Bertz CT molecular complexity index is 1100. The first-order valence-electron chi connectivity index (χ1n) is 9.33. The second-order valence-electron chi connectivity index (χ2n) is 6.81. The third kappa shape index (κ3) is 3.76. The lowest BCUT2D eigenvalue weighted by Gasteiger charge is -2.23. The number of alkyl halides is 3. The second-order valence-corrected chi connectivity index (χ2v) is 7.81. The van der Waals surface area contributed by atoms with E-state index in [9.17, 15) is 22.8 Å². The molecule has 1 aliphatic carbocycles. The fourth-order valence-electron chi connectivity index (χ4n) is 3.04. The van der Waals surface area contributed by atoms with Crippen LogP contribution in [-0.4, -0.2) is 33.2 Å². The maximum absolute atomic E-state index is 12.9. The predicted octanol–water partition coefficient (Wildman–Crippen LogP) is 4.42. The van der Waals surface area contributed by atoms with Crippen LogP contribution in [0, 0.1) is 5.92 Å². The van der Waals surface area contributed by atoms with E-state index < -0.39 is 17.7 Å². The van der Waals surface area contributed by atoms with Crippen molar-refractivity contribution in [3.05, 3.63) is 35.5 Å². The number of ether oxygens (including phenoxy) is 1. The number of hydrogen-bond donors (Lipinski definition) is 1. The fourth-order valence-corrected chi connectivity index (χ4v) is 3.96. The maximum Gasteiger partial charge on any atom is 0.416 e. The highest BCUT2D eigenvalue weighted by molar-refractivity contribution is 7.22.